The third-order valence-electron chi connectivity index (χ3n) is 3.17. The molecule has 0 saturated heterocycles. The lowest BCUT2D eigenvalue weighted by atomic mass is 10.1. The van der Waals surface area contributed by atoms with Crippen molar-refractivity contribution in [2.24, 2.45) is 0 Å². The Bertz CT molecular complexity index is 664. The second kappa shape index (κ2) is 7.17. The first-order chi connectivity index (χ1) is 10.5. The van der Waals surface area contributed by atoms with Gasteiger partial charge < -0.3 is 10.2 Å². The van der Waals surface area contributed by atoms with E-state index in [1.165, 1.54) is 16.2 Å². The number of likely N-dealkylation sites (N-methyl/N-ethyl adjacent to an activating group) is 1. The Labute approximate surface area is 134 Å². The monoisotopic (exact) mass is 317 g/mol. The van der Waals surface area contributed by atoms with Gasteiger partial charge in [-0.05, 0) is 32.9 Å². The molecule has 0 bridgehead atoms. The summed E-state index contributed by atoms with van der Waals surface area (Å²) in [5, 5.41) is 5.14. The fourth-order valence-corrected chi connectivity index (χ4v) is 2.65. The van der Waals surface area contributed by atoms with Gasteiger partial charge in [0.05, 0.1) is 5.69 Å². The molecule has 1 N–H and O–H groups in total. The topological polar surface area (TPSA) is 62.3 Å². The van der Waals surface area contributed by atoms with Crippen molar-refractivity contribution in [1.82, 2.24) is 9.88 Å². The van der Waals surface area contributed by atoms with Crippen molar-refractivity contribution < 1.29 is 9.59 Å². The molecule has 0 atom stereocenters. The molecule has 116 valence electrons. The third kappa shape index (κ3) is 4.14. The Hall–Kier alpha value is -2.21. The maximum atomic E-state index is 12.4. The minimum atomic E-state index is -0.239. The molecular formula is C16H19N3O2S. The molecule has 0 radical (unpaired) electrons. The van der Waals surface area contributed by atoms with Crippen molar-refractivity contribution in [3.05, 3.63) is 46.5 Å². The second-order valence-corrected chi connectivity index (χ2v) is 5.89. The van der Waals surface area contributed by atoms with Gasteiger partial charge in [-0.1, -0.05) is 17.7 Å². The molecule has 0 saturated carbocycles. The van der Waals surface area contributed by atoms with E-state index >= 15 is 0 Å². The molecule has 0 aliphatic carbocycles. The number of nitrogens with one attached hydrogen (secondary N) is 1. The van der Waals surface area contributed by atoms with Crippen molar-refractivity contribution in [1.29, 1.82) is 0 Å². The largest absolute Gasteiger partial charge is 0.330 e. The van der Waals surface area contributed by atoms with Crippen LogP contribution in [0.1, 0.15) is 28.5 Å². The zero-order valence-electron chi connectivity index (χ0n) is 12.9. The first kappa shape index (κ1) is 16.2. The zero-order valence-corrected chi connectivity index (χ0v) is 13.7. The number of amides is 2. The van der Waals surface area contributed by atoms with Gasteiger partial charge in [0.1, 0.15) is 6.54 Å². The summed E-state index contributed by atoms with van der Waals surface area (Å²) in [5.41, 5.74) is 2.55. The SMILES string of the molecule is CCN(CC(=O)Nc1nc(C)cs1)C(=O)c1ccc(C)cc1. The van der Waals surface area contributed by atoms with E-state index in [1.807, 2.05) is 38.3 Å². The molecule has 0 aliphatic heterocycles. The van der Waals surface area contributed by atoms with E-state index in [0.717, 1.165) is 11.3 Å². The molecule has 22 heavy (non-hydrogen) atoms. The van der Waals surface area contributed by atoms with E-state index in [9.17, 15) is 9.59 Å². The van der Waals surface area contributed by atoms with Crippen LogP contribution in [0.15, 0.2) is 29.6 Å². The highest BCUT2D eigenvalue weighted by atomic mass is 32.1. The minimum absolute atomic E-state index is 0.0157. The molecule has 0 fully saturated rings. The average Bonchev–Trinajstić information content (AvgIpc) is 2.90. The van der Waals surface area contributed by atoms with Gasteiger partial charge >= 0.3 is 0 Å². The first-order valence-corrected chi connectivity index (χ1v) is 7.95. The standard InChI is InChI=1S/C16H19N3O2S/c1-4-19(15(21)13-7-5-11(2)6-8-13)9-14(20)18-16-17-12(3)10-22-16/h5-8,10H,4,9H2,1-3H3,(H,17,18,20). The molecule has 5 nitrogen and oxygen atoms in total. The lowest BCUT2D eigenvalue weighted by Gasteiger charge is -2.20. The van der Waals surface area contributed by atoms with Gasteiger partial charge in [0.2, 0.25) is 5.91 Å². The van der Waals surface area contributed by atoms with E-state index in [-0.39, 0.29) is 18.4 Å². The van der Waals surface area contributed by atoms with Crippen LogP contribution in [-0.2, 0) is 4.79 Å². The summed E-state index contributed by atoms with van der Waals surface area (Å²) in [6.45, 7) is 6.17. The number of thiazole rings is 1. The van der Waals surface area contributed by atoms with Crippen molar-refractivity contribution in [2.75, 3.05) is 18.4 Å². The average molecular weight is 317 g/mol. The maximum Gasteiger partial charge on any atom is 0.254 e. The van der Waals surface area contributed by atoms with Crippen LogP contribution in [0.25, 0.3) is 0 Å². The number of rotatable bonds is 5. The van der Waals surface area contributed by atoms with Gasteiger partial charge in [0, 0.05) is 17.5 Å². The van der Waals surface area contributed by atoms with E-state index < -0.39 is 0 Å². The van der Waals surface area contributed by atoms with Gasteiger partial charge in [-0.2, -0.15) is 0 Å². The number of hydrogen-bond donors (Lipinski definition) is 1. The van der Waals surface area contributed by atoms with Crippen LogP contribution in [-0.4, -0.2) is 34.8 Å². The third-order valence-corrected chi connectivity index (χ3v) is 4.04. The lowest BCUT2D eigenvalue weighted by molar-refractivity contribution is -0.116. The normalized spacial score (nSPS) is 10.3. The number of benzene rings is 1. The summed E-state index contributed by atoms with van der Waals surface area (Å²) < 4.78 is 0. The fraction of sp³-hybridized carbons (Fsp3) is 0.312. The van der Waals surface area contributed by atoms with Crippen molar-refractivity contribution in [2.45, 2.75) is 20.8 Å². The number of aryl methyl sites for hydroxylation is 2. The zero-order chi connectivity index (χ0) is 16.1. The predicted octanol–water partition coefficient (Wildman–Crippen LogP) is 2.86. The Morgan fingerprint density at radius 2 is 1.91 bits per heavy atom. The van der Waals surface area contributed by atoms with Crippen LogP contribution in [0.2, 0.25) is 0 Å². The first-order valence-electron chi connectivity index (χ1n) is 7.07. The van der Waals surface area contributed by atoms with E-state index in [4.69, 9.17) is 0 Å². The molecule has 1 heterocycles. The molecule has 0 aliphatic rings. The lowest BCUT2D eigenvalue weighted by Crippen LogP contribution is -2.37. The number of carbonyl (C=O) groups is 2. The molecule has 2 aromatic rings. The van der Waals surface area contributed by atoms with Gasteiger partial charge in [-0.25, -0.2) is 4.98 Å². The van der Waals surface area contributed by atoms with Gasteiger partial charge in [-0.3, -0.25) is 9.59 Å². The molecule has 0 spiro atoms. The van der Waals surface area contributed by atoms with Gasteiger partial charge in [-0.15, -0.1) is 11.3 Å². The van der Waals surface area contributed by atoms with Crippen molar-refractivity contribution in [3.8, 4) is 0 Å². The van der Waals surface area contributed by atoms with Crippen LogP contribution < -0.4 is 5.32 Å². The summed E-state index contributed by atoms with van der Waals surface area (Å²) in [4.78, 5) is 30.1. The van der Waals surface area contributed by atoms with E-state index in [1.54, 1.807) is 12.1 Å². The Kier molecular flexibility index (Phi) is 5.27. The summed E-state index contributed by atoms with van der Waals surface area (Å²) in [5.74, 6) is -0.385. The van der Waals surface area contributed by atoms with Crippen LogP contribution in [0, 0.1) is 13.8 Å². The molecule has 0 unspecified atom stereocenters. The van der Waals surface area contributed by atoms with E-state index in [2.05, 4.69) is 10.3 Å². The highest BCUT2D eigenvalue weighted by molar-refractivity contribution is 7.13. The summed E-state index contributed by atoms with van der Waals surface area (Å²) in [6.07, 6.45) is 0. The highest BCUT2D eigenvalue weighted by Crippen LogP contribution is 2.14. The summed E-state index contributed by atoms with van der Waals surface area (Å²) in [7, 11) is 0. The number of anilines is 1. The Balaban J connectivity index is 2.00. The predicted molar refractivity (Wildman–Crippen MR) is 88.2 cm³/mol. The molecule has 2 amide bonds. The van der Waals surface area contributed by atoms with Crippen LogP contribution in [0.5, 0.6) is 0 Å². The quantitative estimate of drug-likeness (QED) is 0.922. The summed E-state index contributed by atoms with van der Waals surface area (Å²) >= 11 is 1.37. The Morgan fingerprint density at radius 3 is 2.45 bits per heavy atom. The molecule has 6 heteroatoms. The van der Waals surface area contributed by atoms with Crippen molar-refractivity contribution in [3.63, 3.8) is 0 Å². The minimum Gasteiger partial charge on any atom is -0.330 e. The van der Waals surface area contributed by atoms with Crippen LogP contribution >= 0.6 is 11.3 Å². The maximum absolute atomic E-state index is 12.4. The van der Waals surface area contributed by atoms with Gasteiger partial charge in [0.25, 0.3) is 5.91 Å². The molecular weight excluding hydrogens is 298 g/mol. The number of nitrogens with zero attached hydrogens (tertiary/aromatic N) is 2. The molecule has 1 aromatic carbocycles. The second-order valence-electron chi connectivity index (χ2n) is 5.03. The smallest absolute Gasteiger partial charge is 0.254 e. The molecule has 2 rings (SSSR count). The molecule has 1 aromatic heterocycles. The fourth-order valence-electron chi connectivity index (χ4n) is 1.95. The van der Waals surface area contributed by atoms with Crippen LogP contribution in [0.3, 0.4) is 0 Å². The van der Waals surface area contributed by atoms with Gasteiger partial charge in [0.15, 0.2) is 5.13 Å². The number of carbonyl (C=O) groups excluding carboxylic acids is 2. The van der Waals surface area contributed by atoms with Crippen molar-refractivity contribution >= 4 is 28.3 Å². The number of aromatic nitrogens is 1. The Morgan fingerprint density at radius 1 is 1.23 bits per heavy atom. The van der Waals surface area contributed by atoms with E-state index in [0.29, 0.717) is 17.2 Å². The van der Waals surface area contributed by atoms with Crippen LogP contribution in [0.4, 0.5) is 5.13 Å². The highest BCUT2D eigenvalue weighted by Gasteiger charge is 2.17. The summed E-state index contributed by atoms with van der Waals surface area (Å²) in [6, 6.07) is 7.34. The number of hydrogen-bond acceptors (Lipinski definition) is 4.